The molecule has 2 fully saturated rings. The number of piperidine rings is 1. The average Bonchev–Trinajstić information content (AvgIpc) is 3.37. The van der Waals surface area contributed by atoms with Crippen molar-refractivity contribution in [1.82, 2.24) is 4.98 Å². The van der Waals surface area contributed by atoms with Gasteiger partial charge < -0.3 is 0 Å². The van der Waals surface area contributed by atoms with Gasteiger partial charge in [0.1, 0.15) is 5.71 Å². The van der Waals surface area contributed by atoms with Crippen molar-refractivity contribution in [2.75, 3.05) is 4.90 Å². The fourth-order valence-electron chi connectivity index (χ4n) is 4.49. The minimum Gasteiger partial charge on any atom is -0.296 e. The van der Waals surface area contributed by atoms with E-state index in [1.165, 1.54) is 0 Å². The third-order valence-corrected chi connectivity index (χ3v) is 5.98. The summed E-state index contributed by atoms with van der Waals surface area (Å²) >= 11 is 0. The molecule has 1 aliphatic heterocycles. The Hall–Kier alpha value is -3.53. The van der Waals surface area contributed by atoms with Crippen LogP contribution >= 0.6 is 0 Å². The number of para-hydroxylation sites is 1. The van der Waals surface area contributed by atoms with Gasteiger partial charge in [-0.1, -0.05) is 36.4 Å². The number of benzene rings is 2. The molecule has 2 unspecified atom stereocenters. The first-order chi connectivity index (χ1) is 13.7. The van der Waals surface area contributed by atoms with Crippen molar-refractivity contribution < 1.29 is 4.79 Å². The fourth-order valence-corrected chi connectivity index (χ4v) is 4.49. The van der Waals surface area contributed by atoms with E-state index in [0.29, 0.717) is 5.71 Å². The van der Waals surface area contributed by atoms with E-state index < -0.39 is 11.0 Å². The van der Waals surface area contributed by atoms with Crippen molar-refractivity contribution in [3.8, 4) is 0 Å². The van der Waals surface area contributed by atoms with Gasteiger partial charge in [0.2, 0.25) is 0 Å². The number of aliphatic imine (C=N–C) groups is 1. The Kier molecular flexibility index (Phi) is 3.40. The van der Waals surface area contributed by atoms with Gasteiger partial charge in [-0.05, 0) is 42.8 Å². The lowest BCUT2D eigenvalue weighted by molar-refractivity contribution is -0.112. The van der Waals surface area contributed by atoms with E-state index in [4.69, 9.17) is 4.99 Å². The Morgan fingerprint density at radius 2 is 1.82 bits per heavy atom. The van der Waals surface area contributed by atoms with E-state index in [9.17, 15) is 4.79 Å². The van der Waals surface area contributed by atoms with Crippen molar-refractivity contribution >= 4 is 33.9 Å². The summed E-state index contributed by atoms with van der Waals surface area (Å²) in [5.74, 6) is -0.0989. The van der Waals surface area contributed by atoms with Gasteiger partial charge in [0.25, 0.3) is 5.91 Å². The summed E-state index contributed by atoms with van der Waals surface area (Å²) in [4.78, 5) is 24.6. The molecule has 0 spiro atoms. The lowest BCUT2D eigenvalue weighted by atomic mass is 9.97. The zero-order valence-electron chi connectivity index (χ0n) is 15.4. The summed E-state index contributed by atoms with van der Waals surface area (Å²) < 4.78 is 0. The number of amides is 1. The van der Waals surface area contributed by atoms with Crippen molar-refractivity contribution in [2.24, 2.45) is 10.4 Å². The fraction of sp³-hybridized carbons (Fsp3) is 0.125. The lowest BCUT2D eigenvalue weighted by Gasteiger charge is -2.25. The highest BCUT2D eigenvalue weighted by Gasteiger charge is 2.78. The molecule has 3 aromatic rings. The molecule has 0 bridgehead atoms. The van der Waals surface area contributed by atoms with Gasteiger partial charge in [-0.15, -0.1) is 13.2 Å². The number of hydrogen-bond acceptors (Lipinski definition) is 3. The second-order valence-electron chi connectivity index (χ2n) is 7.26. The second-order valence-corrected chi connectivity index (χ2v) is 7.26. The van der Waals surface area contributed by atoms with Crippen LogP contribution < -0.4 is 4.90 Å². The Bertz CT molecular complexity index is 1160. The Morgan fingerprint density at radius 1 is 1.00 bits per heavy atom. The van der Waals surface area contributed by atoms with Gasteiger partial charge in [-0.3, -0.25) is 14.7 Å². The minimum absolute atomic E-state index is 0.0989. The first kappa shape index (κ1) is 16.6. The van der Waals surface area contributed by atoms with Crippen molar-refractivity contribution in [3.05, 3.63) is 92.2 Å². The standard InChI is InChI=1S/C24H19N3O/c1-3-23-16-24(23,4-2)27(17-10-6-5-7-11-17)22(28)21(23)26-20-14-8-13-19-18(20)12-9-15-25-19/h3-15H,1-2,16H2. The minimum atomic E-state index is -0.522. The molecular weight excluding hydrogens is 346 g/mol. The van der Waals surface area contributed by atoms with Gasteiger partial charge in [-0.2, -0.15) is 0 Å². The smallest absolute Gasteiger partial charge is 0.274 e. The van der Waals surface area contributed by atoms with E-state index in [0.717, 1.165) is 28.7 Å². The maximum atomic E-state index is 13.5. The molecule has 0 N–H and O–H groups in total. The monoisotopic (exact) mass is 365 g/mol. The maximum Gasteiger partial charge on any atom is 0.274 e. The van der Waals surface area contributed by atoms with E-state index in [1.807, 2.05) is 77.7 Å². The summed E-state index contributed by atoms with van der Waals surface area (Å²) in [6.45, 7) is 8.09. The largest absolute Gasteiger partial charge is 0.296 e. The van der Waals surface area contributed by atoms with Gasteiger partial charge in [-0.25, -0.2) is 4.99 Å². The molecule has 2 aromatic carbocycles. The van der Waals surface area contributed by atoms with Crippen LogP contribution in [0.25, 0.3) is 10.9 Å². The first-order valence-electron chi connectivity index (χ1n) is 9.26. The van der Waals surface area contributed by atoms with Gasteiger partial charge >= 0.3 is 0 Å². The van der Waals surface area contributed by atoms with E-state index in [-0.39, 0.29) is 5.91 Å². The second kappa shape index (κ2) is 5.73. The highest BCUT2D eigenvalue weighted by molar-refractivity contribution is 6.52. The van der Waals surface area contributed by atoms with Gasteiger partial charge in [0.05, 0.1) is 22.2 Å². The van der Waals surface area contributed by atoms with Crippen LogP contribution in [0.5, 0.6) is 0 Å². The zero-order valence-corrected chi connectivity index (χ0v) is 15.4. The van der Waals surface area contributed by atoms with Crippen molar-refractivity contribution in [2.45, 2.75) is 12.0 Å². The zero-order chi connectivity index (χ0) is 19.4. The predicted octanol–water partition coefficient (Wildman–Crippen LogP) is 4.86. The van der Waals surface area contributed by atoms with Crippen LogP contribution in [0.4, 0.5) is 11.4 Å². The number of nitrogens with zero attached hydrogens (tertiary/aromatic N) is 3. The molecule has 2 atom stereocenters. The summed E-state index contributed by atoms with van der Waals surface area (Å²) in [5.41, 5.74) is 1.94. The molecule has 0 radical (unpaired) electrons. The quantitative estimate of drug-likeness (QED) is 0.620. The van der Waals surface area contributed by atoms with Crippen molar-refractivity contribution in [3.63, 3.8) is 0 Å². The molecular formula is C24H19N3O. The van der Waals surface area contributed by atoms with Gasteiger partial charge in [0, 0.05) is 17.3 Å². The lowest BCUT2D eigenvalue weighted by Crippen LogP contribution is -2.38. The Balaban J connectivity index is 1.72. The summed E-state index contributed by atoms with van der Waals surface area (Å²) in [5, 5.41) is 0.924. The van der Waals surface area contributed by atoms with E-state index in [2.05, 4.69) is 18.1 Å². The number of fused-ring (bicyclic) bond motifs is 2. The third-order valence-electron chi connectivity index (χ3n) is 5.98. The predicted molar refractivity (Wildman–Crippen MR) is 113 cm³/mol. The molecule has 28 heavy (non-hydrogen) atoms. The topological polar surface area (TPSA) is 45.6 Å². The van der Waals surface area contributed by atoms with Crippen LogP contribution in [0, 0.1) is 5.41 Å². The number of carbonyl (C=O) groups is 1. The summed E-state index contributed by atoms with van der Waals surface area (Å²) in [7, 11) is 0. The average molecular weight is 365 g/mol. The third kappa shape index (κ3) is 1.97. The van der Waals surface area contributed by atoms with Crippen LogP contribution in [-0.2, 0) is 4.79 Å². The molecule has 1 saturated heterocycles. The van der Waals surface area contributed by atoms with Gasteiger partial charge in [0.15, 0.2) is 0 Å². The molecule has 136 valence electrons. The molecule has 1 saturated carbocycles. The molecule has 1 aromatic heterocycles. The highest BCUT2D eigenvalue weighted by atomic mass is 16.2. The molecule has 4 heteroatoms. The molecule has 2 aliphatic rings. The normalized spacial score (nSPS) is 27.1. The SMILES string of the molecule is C=CC12CC1(C=C)N(c1ccccc1)C(=O)C2=Nc1cccc2ncccc12. The number of carbonyl (C=O) groups excluding carboxylic acids is 1. The maximum absolute atomic E-state index is 13.5. The van der Waals surface area contributed by atoms with Crippen LogP contribution in [0.2, 0.25) is 0 Å². The first-order valence-corrected chi connectivity index (χ1v) is 9.26. The molecule has 2 heterocycles. The van der Waals surface area contributed by atoms with Crippen LogP contribution in [0.3, 0.4) is 0 Å². The summed E-state index contributed by atoms with van der Waals surface area (Å²) in [6.07, 6.45) is 6.23. The highest BCUT2D eigenvalue weighted by Crippen LogP contribution is 2.67. The van der Waals surface area contributed by atoms with Crippen LogP contribution in [0.15, 0.2) is 97.2 Å². The molecule has 1 aliphatic carbocycles. The van der Waals surface area contributed by atoms with Crippen LogP contribution in [0.1, 0.15) is 6.42 Å². The number of anilines is 1. The Labute approximate surface area is 163 Å². The van der Waals surface area contributed by atoms with Crippen molar-refractivity contribution in [1.29, 1.82) is 0 Å². The molecule has 1 amide bonds. The number of hydrogen-bond donors (Lipinski definition) is 0. The Morgan fingerprint density at radius 3 is 2.57 bits per heavy atom. The number of pyridine rings is 1. The number of aromatic nitrogens is 1. The van der Waals surface area contributed by atoms with E-state index in [1.54, 1.807) is 6.20 Å². The summed E-state index contributed by atoms with van der Waals surface area (Å²) in [6, 6.07) is 19.3. The van der Waals surface area contributed by atoms with Crippen LogP contribution in [-0.4, -0.2) is 22.1 Å². The van der Waals surface area contributed by atoms with E-state index >= 15 is 0 Å². The molecule has 4 nitrogen and oxygen atoms in total. The molecule has 5 rings (SSSR count). The number of rotatable bonds is 4.